The number of rotatable bonds is 3. The van der Waals surface area contributed by atoms with Gasteiger partial charge in [0, 0.05) is 6.04 Å². The van der Waals surface area contributed by atoms with Crippen molar-refractivity contribution < 1.29 is 8.78 Å². The molecule has 0 aliphatic heterocycles. The summed E-state index contributed by atoms with van der Waals surface area (Å²) in [5.74, 6) is -1.70. The van der Waals surface area contributed by atoms with E-state index < -0.39 is 11.6 Å². The van der Waals surface area contributed by atoms with Crippen molar-refractivity contribution in [2.75, 3.05) is 0 Å². The van der Waals surface area contributed by atoms with Crippen LogP contribution in [0.5, 0.6) is 0 Å². The van der Waals surface area contributed by atoms with Crippen LogP contribution in [0.25, 0.3) is 0 Å². The van der Waals surface area contributed by atoms with Crippen LogP contribution >= 0.6 is 11.5 Å². The minimum atomic E-state index is -0.853. The van der Waals surface area contributed by atoms with Gasteiger partial charge in [0.25, 0.3) is 0 Å². The number of hydrogen-bond acceptors (Lipinski definition) is 4. The maximum absolute atomic E-state index is 13.0. The Labute approximate surface area is 101 Å². The molecule has 90 valence electrons. The van der Waals surface area contributed by atoms with Crippen LogP contribution < -0.4 is 5.73 Å². The third-order valence-electron chi connectivity index (χ3n) is 2.46. The molecule has 1 aromatic carbocycles. The van der Waals surface area contributed by atoms with Crippen molar-refractivity contribution >= 4 is 11.5 Å². The Morgan fingerprint density at radius 3 is 2.71 bits per heavy atom. The molecule has 0 bridgehead atoms. The van der Waals surface area contributed by atoms with Gasteiger partial charge in [0.1, 0.15) is 0 Å². The minimum absolute atomic E-state index is 0.292. The van der Waals surface area contributed by atoms with Gasteiger partial charge >= 0.3 is 0 Å². The van der Waals surface area contributed by atoms with Crippen LogP contribution in [0, 0.1) is 18.6 Å². The molecule has 1 heterocycles. The molecule has 0 saturated heterocycles. The van der Waals surface area contributed by atoms with Gasteiger partial charge in [-0.2, -0.15) is 0 Å². The standard InChI is InChI=1S/C11H11F2N3S/c1-6-11(17-16-15-6)10(14)5-7-2-3-8(12)9(13)4-7/h2-4,10H,5,14H2,1H3. The van der Waals surface area contributed by atoms with Crippen LogP contribution in [0.2, 0.25) is 0 Å². The molecular formula is C11H11F2N3S. The second kappa shape index (κ2) is 4.85. The highest BCUT2D eigenvalue weighted by Crippen LogP contribution is 2.22. The molecule has 1 aromatic heterocycles. The molecule has 2 rings (SSSR count). The highest BCUT2D eigenvalue weighted by atomic mass is 32.1. The first kappa shape index (κ1) is 12.1. The van der Waals surface area contributed by atoms with Crippen LogP contribution in [-0.4, -0.2) is 9.59 Å². The van der Waals surface area contributed by atoms with E-state index in [1.165, 1.54) is 23.7 Å². The second-order valence-electron chi connectivity index (χ2n) is 3.78. The molecule has 1 unspecified atom stereocenters. The number of halogens is 2. The van der Waals surface area contributed by atoms with E-state index in [4.69, 9.17) is 5.73 Å². The Bertz CT molecular complexity index is 527. The molecule has 0 radical (unpaired) electrons. The van der Waals surface area contributed by atoms with E-state index in [-0.39, 0.29) is 6.04 Å². The number of benzene rings is 1. The van der Waals surface area contributed by atoms with Gasteiger partial charge in [-0.25, -0.2) is 8.78 Å². The summed E-state index contributed by atoms with van der Waals surface area (Å²) in [4.78, 5) is 0.870. The molecular weight excluding hydrogens is 244 g/mol. The predicted molar refractivity (Wildman–Crippen MR) is 61.6 cm³/mol. The predicted octanol–water partition coefficient (Wildman–Crippen LogP) is 2.37. The fourth-order valence-electron chi connectivity index (χ4n) is 1.59. The summed E-state index contributed by atoms with van der Waals surface area (Å²) in [7, 11) is 0. The van der Waals surface area contributed by atoms with Crippen molar-refractivity contribution in [3.63, 3.8) is 0 Å². The van der Waals surface area contributed by atoms with Crippen LogP contribution in [0.1, 0.15) is 22.2 Å². The van der Waals surface area contributed by atoms with E-state index >= 15 is 0 Å². The SMILES string of the molecule is Cc1nnsc1C(N)Cc1ccc(F)c(F)c1. The van der Waals surface area contributed by atoms with Crippen molar-refractivity contribution in [3.05, 3.63) is 46.0 Å². The molecule has 17 heavy (non-hydrogen) atoms. The number of aryl methyl sites for hydroxylation is 1. The summed E-state index contributed by atoms with van der Waals surface area (Å²) in [6.45, 7) is 1.82. The van der Waals surface area contributed by atoms with Crippen LogP contribution in [0.4, 0.5) is 8.78 Å². The third-order valence-corrected chi connectivity index (χ3v) is 3.42. The largest absolute Gasteiger partial charge is 0.323 e. The average Bonchev–Trinajstić information content (AvgIpc) is 2.70. The van der Waals surface area contributed by atoms with E-state index in [2.05, 4.69) is 9.59 Å². The first-order chi connectivity index (χ1) is 8.08. The monoisotopic (exact) mass is 255 g/mol. The average molecular weight is 255 g/mol. The highest BCUT2D eigenvalue weighted by Gasteiger charge is 2.14. The summed E-state index contributed by atoms with van der Waals surface area (Å²) in [5.41, 5.74) is 7.41. The molecule has 2 aromatic rings. The highest BCUT2D eigenvalue weighted by molar-refractivity contribution is 7.05. The van der Waals surface area contributed by atoms with Crippen LogP contribution in [-0.2, 0) is 6.42 Å². The quantitative estimate of drug-likeness (QED) is 0.916. The van der Waals surface area contributed by atoms with E-state index in [1.54, 1.807) is 0 Å². The maximum atomic E-state index is 13.0. The summed E-state index contributed by atoms with van der Waals surface area (Å²) in [6.07, 6.45) is 0.432. The van der Waals surface area contributed by atoms with Gasteiger partial charge in [0.05, 0.1) is 10.6 Å². The van der Waals surface area contributed by atoms with Crippen molar-refractivity contribution in [2.45, 2.75) is 19.4 Å². The van der Waals surface area contributed by atoms with Gasteiger partial charge < -0.3 is 5.73 Å². The molecule has 6 heteroatoms. The summed E-state index contributed by atoms with van der Waals surface area (Å²) in [5, 5.41) is 3.87. The summed E-state index contributed by atoms with van der Waals surface area (Å²) >= 11 is 1.23. The zero-order chi connectivity index (χ0) is 12.4. The smallest absolute Gasteiger partial charge is 0.159 e. The van der Waals surface area contributed by atoms with Gasteiger partial charge in [-0.05, 0) is 42.6 Å². The van der Waals surface area contributed by atoms with Crippen molar-refractivity contribution in [3.8, 4) is 0 Å². The van der Waals surface area contributed by atoms with Crippen LogP contribution in [0.3, 0.4) is 0 Å². The zero-order valence-corrected chi connectivity index (χ0v) is 9.97. The first-order valence-corrected chi connectivity index (χ1v) is 5.83. The lowest BCUT2D eigenvalue weighted by Crippen LogP contribution is -2.13. The topological polar surface area (TPSA) is 51.8 Å². The Morgan fingerprint density at radius 1 is 1.35 bits per heavy atom. The van der Waals surface area contributed by atoms with Crippen molar-refractivity contribution in [1.82, 2.24) is 9.59 Å². The molecule has 0 saturated carbocycles. The third kappa shape index (κ3) is 2.65. The van der Waals surface area contributed by atoms with Crippen molar-refractivity contribution in [2.24, 2.45) is 5.73 Å². The second-order valence-corrected chi connectivity index (χ2v) is 4.57. The molecule has 2 N–H and O–H groups in total. The lowest BCUT2D eigenvalue weighted by molar-refractivity contribution is 0.506. The van der Waals surface area contributed by atoms with Crippen LogP contribution in [0.15, 0.2) is 18.2 Å². The minimum Gasteiger partial charge on any atom is -0.323 e. The number of aromatic nitrogens is 2. The fourth-order valence-corrected chi connectivity index (χ4v) is 2.23. The maximum Gasteiger partial charge on any atom is 0.159 e. The van der Waals surface area contributed by atoms with Gasteiger partial charge in [-0.15, -0.1) is 5.10 Å². The van der Waals surface area contributed by atoms with E-state index in [1.807, 2.05) is 6.92 Å². The Balaban J connectivity index is 2.16. The molecule has 1 atom stereocenters. The zero-order valence-electron chi connectivity index (χ0n) is 9.15. The lowest BCUT2D eigenvalue weighted by Gasteiger charge is -2.09. The van der Waals surface area contributed by atoms with Gasteiger partial charge in [0.2, 0.25) is 0 Å². The molecule has 0 aliphatic carbocycles. The molecule has 0 amide bonds. The molecule has 3 nitrogen and oxygen atoms in total. The van der Waals surface area contributed by atoms with Gasteiger partial charge in [-0.3, -0.25) is 0 Å². The number of hydrogen-bond donors (Lipinski definition) is 1. The lowest BCUT2D eigenvalue weighted by atomic mass is 10.0. The Hall–Kier alpha value is -1.40. The Morgan fingerprint density at radius 2 is 2.12 bits per heavy atom. The van der Waals surface area contributed by atoms with Gasteiger partial charge in [0.15, 0.2) is 11.6 Å². The van der Waals surface area contributed by atoms with E-state index in [9.17, 15) is 8.78 Å². The van der Waals surface area contributed by atoms with E-state index in [0.717, 1.165) is 16.6 Å². The van der Waals surface area contributed by atoms with E-state index in [0.29, 0.717) is 12.0 Å². The summed E-state index contributed by atoms with van der Waals surface area (Å²) in [6, 6.07) is 3.51. The number of nitrogens with zero attached hydrogens (tertiary/aromatic N) is 2. The normalized spacial score (nSPS) is 12.7. The molecule has 0 aliphatic rings. The summed E-state index contributed by atoms with van der Waals surface area (Å²) < 4.78 is 29.6. The van der Waals surface area contributed by atoms with Crippen molar-refractivity contribution in [1.29, 1.82) is 0 Å². The fraction of sp³-hybridized carbons (Fsp3) is 0.273. The molecule has 0 fully saturated rings. The van der Waals surface area contributed by atoms with Gasteiger partial charge in [-0.1, -0.05) is 10.6 Å². The number of nitrogens with two attached hydrogens (primary N) is 1. The molecule has 0 spiro atoms. The first-order valence-electron chi connectivity index (χ1n) is 5.06. The Kier molecular flexibility index (Phi) is 3.44.